The predicted octanol–water partition coefficient (Wildman–Crippen LogP) is 7.47. The Kier molecular flexibility index (Phi) is 10.5. The maximum Gasteiger partial charge on any atom is 0.326 e. The monoisotopic (exact) mass is 575 g/mol. The van der Waals surface area contributed by atoms with Crippen LogP contribution in [0.25, 0.3) is 0 Å². The van der Waals surface area contributed by atoms with Gasteiger partial charge in [-0.1, -0.05) is 62.3 Å². The van der Waals surface area contributed by atoms with Crippen LogP contribution in [0.3, 0.4) is 0 Å². The van der Waals surface area contributed by atoms with E-state index in [1.165, 1.54) is 0 Å². The molecule has 0 radical (unpaired) electrons. The number of hydrogen-bond donors (Lipinski definition) is 1. The molecule has 0 spiro atoms. The lowest BCUT2D eigenvalue weighted by Crippen LogP contribution is -2.55. The molecule has 1 rings (SSSR count). The quantitative estimate of drug-likeness (QED) is 0.239. The second-order valence-corrected chi connectivity index (χ2v) is 30.9. The molecular formula is C28H61NO5Si3. The van der Waals surface area contributed by atoms with E-state index in [1.807, 2.05) is 20.8 Å². The summed E-state index contributed by atoms with van der Waals surface area (Å²) in [4.78, 5) is 13.6. The minimum Gasteiger partial charge on any atom is -0.459 e. The highest BCUT2D eigenvalue weighted by Crippen LogP contribution is 2.43. The van der Waals surface area contributed by atoms with Crippen LogP contribution in [0.15, 0.2) is 0 Å². The normalized spacial score (nSPS) is 24.9. The van der Waals surface area contributed by atoms with E-state index >= 15 is 0 Å². The number of carbonyl (C=O) groups excluding carboxylic acids is 1. The van der Waals surface area contributed by atoms with E-state index in [1.54, 1.807) is 0 Å². The fraction of sp³-hybridized carbons (Fsp3) is 0.964. The van der Waals surface area contributed by atoms with E-state index in [0.29, 0.717) is 6.61 Å². The van der Waals surface area contributed by atoms with Crippen molar-refractivity contribution in [1.82, 2.24) is 5.32 Å². The van der Waals surface area contributed by atoms with Crippen molar-refractivity contribution in [3.63, 3.8) is 0 Å². The Bertz CT molecular complexity index is 786. The Morgan fingerprint density at radius 3 is 1.38 bits per heavy atom. The van der Waals surface area contributed by atoms with Crippen molar-refractivity contribution in [2.24, 2.45) is 0 Å². The Labute approximate surface area is 232 Å². The molecule has 6 nitrogen and oxygen atoms in total. The van der Waals surface area contributed by atoms with E-state index in [2.05, 4.69) is 107 Å². The Balaban J connectivity index is 3.57. The highest BCUT2D eigenvalue weighted by molar-refractivity contribution is 6.75. The molecular weight excluding hydrogens is 515 g/mol. The fourth-order valence-electron chi connectivity index (χ4n) is 3.38. The zero-order chi connectivity index (χ0) is 29.6. The molecule has 1 aliphatic rings. The van der Waals surface area contributed by atoms with Crippen LogP contribution in [-0.2, 0) is 22.8 Å². The van der Waals surface area contributed by atoms with Gasteiger partial charge in [0.15, 0.2) is 25.0 Å². The minimum atomic E-state index is -2.24. The largest absolute Gasteiger partial charge is 0.459 e. The third-order valence-electron chi connectivity index (χ3n) is 9.01. The van der Waals surface area contributed by atoms with Gasteiger partial charge in [-0.25, -0.2) is 0 Å². The summed E-state index contributed by atoms with van der Waals surface area (Å²) >= 11 is 0. The molecule has 0 bridgehead atoms. The third kappa shape index (κ3) is 8.98. The van der Waals surface area contributed by atoms with Gasteiger partial charge in [0, 0.05) is 0 Å². The molecule has 1 heterocycles. The molecule has 1 N–H and O–H groups in total. The average molecular weight is 576 g/mol. The molecule has 0 amide bonds. The van der Waals surface area contributed by atoms with Crippen LogP contribution in [0.5, 0.6) is 0 Å². The summed E-state index contributed by atoms with van der Waals surface area (Å²) in [5.74, 6) is -0.283. The molecule has 0 aromatic carbocycles. The summed E-state index contributed by atoms with van der Waals surface area (Å²) in [7, 11) is -6.46. The lowest BCUT2D eigenvalue weighted by atomic mass is 10.1. The van der Waals surface area contributed by atoms with Crippen LogP contribution < -0.4 is 5.32 Å². The number of carbonyl (C=O) groups is 1. The van der Waals surface area contributed by atoms with Gasteiger partial charge in [-0.2, -0.15) is 0 Å². The SMILES string of the molecule is CC(C)(C)OC(=O)[C@H]1N[C@H](CO[Si](C)(C)C(C)(C)C)[C@@H](O[Si](C)(C)C(C)(C)C)[C@H]1O[Si](C)(C)C(C)(C)C. The smallest absolute Gasteiger partial charge is 0.326 e. The Hall–Kier alpha value is -0.0394. The van der Waals surface area contributed by atoms with Gasteiger partial charge in [0.25, 0.3) is 0 Å². The van der Waals surface area contributed by atoms with Gasteiger partial charge in [-0.05, 0) is 75.2 Å². The average Bonchev–Trinajstić information content (AvgIpc) is 2.92. The summed E-state index contributed by atoms with van der Waals surface area (Å²) < 4.78 is 26.8. The Morgan fingerprint density at radius 2 is 1.03 bits per heavy atom. The molecule has 4 atom stereocenters. The first kappa shape index (κ1) is 35.0. The first-order valence-corrected chi connectivity index (χ1v) is 22.7. The molecule has 1 fully saturated rings. The second-order valence-electron chi connectivity index (χ2n) is 16.5. The number of nitrogens with one attached hydrogen (secondary N) is 1. The standard InChI is InChI=1S/C28H61NO5Si3/c1-25(2,3)32-24(30)21-23(34-37(17,18)28(10,11)12)22(33-36(15,16)27(7,8)9)20(29-21)19-31-35(13,14)26(4,5)6/h20-23,29H,19H2,1-18H3/t20-,21+,22-,23+/m1/s1. The van der Waals surface area contributed by atoms with Gasteiger partial charge >= 0.3 is 5.97 Å². The topological polar surface area (TPSA) is 66.0 Å². The molecule has 9 heteroatoms. The van der Waals surface area contributed by atoms with E-state index in [4.69, 9.17) is 18.0 Å². The fourth-order valence-corrected chi connectivity index (χ4v) is 7.05. The summed E-state index contributed by atoms with van der Waals surface area (Å²) in [6.45, 7) is 39.9. The molecule has 0 aromatic heterocycles. The van der Waals surface area contributed by atoms with E-state index in [0.717, 1.165) is 0 Å². The molecule has 0 saturated carbocycles. The van der Waals surface area contributed by atoms with E-state index < -0.39 is 42.7 Å². The van der Waals surface area contributed by atoms with Gasteiger partial charge < -0.3 is 18.0 Å². The molecule has 37 heavy (non-hydrogen) atoms. The van der Waals surface area contributed by atoms with Crippen molar-refractivity contribution in [2.45, 2.75) is 167 Å². The maximum atomic E-state index is 13.6. The number of rotatable bonds is 8. The van der Waals surface area contributed by atoms with Gasteiger partial charge in [-0.15, -0.1) is 0 Å². The molecule has 0 unspecified atom stereocenters. The number of hydrogen-bond acceptors (Lipinski definition) is 6. The first-order valence-electron chi connectivity index (χ1n) is 14.0. The number of esters is 1. The molecule has 0 aliphatic carbocycles. The van der Waals surface area contributed by atoms with E-state index in [-0.39, 0.29) is 33.2 Å². The van der Waals surface area contributed by atoms with Crippen LogP contribution in [0, 0.1) is 0 Å². The molecule has 0 aromatic rings. The minimum absolute atomic E-state index is 0.0112. The highest BCUT2D eigenvalue weighted by atomic mass is 28.4. The van der Waals surface area contributed by atoms with Crippen molar-refractivity contribution in [2.75, 3.05) is 6.61 Å². The van der Waals surface area contributed by atoms with Crippen molar-refractivity contribution in [3.8, 4) is 0 Å². The van der Waals surface area contributed by atoms with Crippen LogP contribution in [0.4, 0.5) is 0 Å². The zero-order valence-corrected chi connectivity index (χ0v) is 30.6. The zero-order valence-electron chi connectivity index (χ0n) is 27.6. The van der Waals surface area contributed by atoms with Gasteiger partial charge in [0.2, 0.25) is 0 Å². The summed E-state index contributed by atoms with van der Waals surface area (Å²) in [6, 6.07) is -0.785. The lowest BCUT2D eigenvalue weighted by Gasteiger charge is -2.45. The van der Waals surface area contributed by atoms with Crippen molar-refractivity contribution in [3.05, 3.63) is 0 Å². The Morgan fingerprint density at radius 1 is 0.649 bits per heavy atom. The van der Waals surface area contributed by atoms with Crippen molar-refractivity contribution >= 4 is 30.9 Å². The first-order chi connectivity index (χ1) is 16.0. The van der Waals surface area contributed by atoms with Crippen molar-refractivity contribution < 1.29 is 22.8 Å². The van der Waals surface area contributed by atoms with Crippen LogP contribution in [0.1, 0.15) is 83.1 Å². The lowest BCUT2D eigenvalue weighted by molar-refractivity contribution is -0.159. The van der Waals surface area contributed by atoms with Gasteiger partial charge in [-0.3, -0.25) is 10.1 Å². The highest BCUT2D eigenvalue weighted by Gasteiger charge is 2.55. The molecule has 220 valence electrons. The maximum absolute atomic E-state index is 13.6. The van der Waals surface area contributed by atoms with Gasteiger partial charge in [0.05, 0.1) is 24.9 Å². The van der Waals surface area contributed by atoms with Crippen LogP contribution in [0.2, 0.25) is 54.4 Å². The summed E-state index contributed by atoms with van der Waals surface area (Å²) in [5, 5.41) is 3.70. The van der Waals surface area contributed by atoms with E-state index in [9.17, 15) is 4.79 Å². The second kappa shape index (κ2) is 11.1. The molecule has 1 aliphatic heterocycles. The van der Waals surface area contributed by atoms with Gasteiger partial charge in [0.1, 0.15) is 11.6 Å². The van der Waals surface area contributed by atoms with Crippen LogP contribution in [-0.4, -0.2) is 67.4 Å². The molecule has 1 saturated heterocycles. The van der Waals surface area contributed by atoms with Crippen LogP contribution >= 0.6 is 0 Å². The predicted molar refractivity (Wildman–Crippen MR) is 164 cm³/mol. The number of ether oxygens (including phenoxy) is 1. The third-order valence-corrected chi connectivity index (χ3v) is 22.5. The van der Waals surface area contributed by atoms with Crippen molar-refractivity contribution in [1.29, 1.82) is 0 Å². The summed E-state index contributed by atoms with van der Waals surface area (Å²) in [5.41, 5.74) is -0.591. The summed E-state index contributed by atoms with van der Waals surface area (Å²) in [6.07, 6.45) is -0.754.